The Morgan fingerprint density at radius 3 is 2.25 bits per heavy atom. The molecule has 4 unspecified atom stereocenters. The van der Waals surface area contributed by atoms with E-state index < -0.39 is 0 Å². The molecule has 0 aromatic carbocycles. The molecule has 0 aromatic heterocycles. The summed E-state index contributed by atoms with van der Waals surface area (Å²) in [6.45, 7) is 16.6. The van der Waals surface area contributed by atoms with Crippen LogP contribution in [0.4, 0.5) is 0 Å². The highest BCUT2D eigenvalue weighted by atomic mass is 35.5. The van der Waals surface area contributed by atoms with Gasteiger partial charge in [-0.1, -0.05) is 72.1 Å². The quantitative estimate of drug-likeness (QED) is 0.400. The maximum Gasteiger partial charge on any atom is 0.0575 e. The number of rotatable bonds is 7. The lowest BCUT2D eigenvalue weighted by molar-refractivity contribution is -0.152. The van der Waals surface area contributed by atoms with Crippen LogP contribution < -0.4 is 0 Å². The Morgan fingerprint density at radius 1 is 0.906 bits per heavy atom. The molecule has 0 bridgehead atoms. The van der Waals surface area contributed by atoms with Gasteiger partial charge in [-0.25, -0.2) is 0 Å². The van der Waals surface area contributed by atoms with Crippen molar-refractivity contribution in [3.8, 4) is 0 Å². The van der Waals surface area contributed by atoms with Gasteiger partial charge in [-0.3, -0.25) is 0 Å². The van der Waals surface area contributed by atoms with Crippen molar-refractivity contribution in [3.05, 3.63) is 11.6 Å². The van der Waals surface area contributed by atoms with Crippen LogP contribution in [0, 0.1) is 58.2 Å². The Kier molecular flexibility index (Phi) is 7.50. The first-order valence-corrected chi connectivity index (χ1v) is 14.5. The monoisotopic (exact) mass is 462 g/mol. The van der Waals surface area contributed by atoms with E-state index in [1.165, 1.54) is 64.2 Å². The molecule has 4 fully saturated rings. The summed E-state index contributed by atoms with van der Waals surface area (Å²) < 4.78 is 0. The summed E-state index contributed by atoms with van der Waals surface area (Å²) in [6, 6.07) is 0. The minimum Gasteiger partial charge on any atom is -0.393 e. The van der Waals surface area contributed by atoms with Crippen molar-refractivity contribution in [1.82, 2.24) is 0 Å². The molecule has 4 saturated carbocycles. The van der Waals surface area contributed by atoms with Gasteiger partial charge in [0.25, 0.3) is 0 Å². The van der Waals surface area contributed by atoms with Crippen LogP contribution >= 0.6 is 11.6 Å². The first-order chi connectivity index (χ1) is 15.1. The van der Waals surface area contributed by atoms with Crippen molar-refractivity contribution in [1.29, 1.82) is 0 Å². The molecule has 0 aromatic rings. The molecule has 0 radical (unpaired) electrons. The van der Waals surface area contributed by atoms with E-state index in [4.69, 9.17) is 11.6 Å². The summed E-state index contributed by atoms with van der Waals surface area (Å²) in [5, 5.41) is 11.6. The SMILES string of the molecule is C=C(Cl)C[C@H]1C2CCC3C(CC[C@@]4(C)C3CC[C@@H]4[C@H](C)CCCC(C)C)[C@@]2(C)CC[C@H]1O. The molecule has 0 saturated heterocycles. The molecular formula is C30H51ClO. The van der Waals surface area contributed by atoms with Crippen LogP contribution in [0.2, 0.25) is 0 Å². The number of aliphatic hydroxyl groups is 1. The Balaban J connectivity index is 1.49. The zero-order valence-electron chi connectivity index (χ0n) is 21.7. The molecule has 4 rings (SSSR count). The summed E-state index contributed by atoms with van der Waals surface area (Å²) in [5.74, 6) is 6.32. The van der Waals surface area contributed by atoms with E-state index in [2.05, 4.69) is 41.2 Å². The van der Waals surface area contributed by atoms with E-state index in [1.54, 1.807) is 0 Å². The van der Waals surface area contributed by atoms with E-state index in [-0.39, 0.29) is 6.10 Å². The van der Waals surface area contributed by atoms with E-state index in [0.717, 1.165) is 53.4 Å². The van der Waals surface area contributed by atoms with Crippen LogP contribution in [0.5, 0.6) is 0 Å². The van der Waals surface area contributed by atoms with Crippen LogP contribution in [-0.4, -0.2) is 11.2 Å². The van der Waals surface area contributed by atoms with Crippen LogP contribution in [-0.2, 0) is 0 Å². The van der Waals surface area contributed by atoms with Gasteiger partial charge < -0.3 is 5.11 Å². The molecule has 4 aliphatic rings. The van der Waals surface area contributed by atoms with Gasteiger partial charge in [0.2, 0.25) is 0 Å². The fraction of sp³-hybridized carbons (Fsp3) is 0.933. The third-order valence-corrected chi connectivity index (χ3v) is 11.7. The number of aliphatic hydroxyl groups excluding tert-OH is 1. The summed E-state index contributed by atoms with van der Waals surface area (Å²) in [7, 11) is 0. The predicted octanol–water partition coefficient (Wildman–Crippen LogP) is 8.84. The average Bonchev–Trinajstić information content (AvgIpc) is 3.07. The number of hydrogen-bond acceptors (Lipinski definition) is 1. The van der Waals surface area contributed by atoms with Crippen LogP contribution in [0.25, 0.3) is 0 Å². The molecule has 10 atom stereocenters. The van der Waals surface area contributed by atoms with Gasteiger partial charge in [-0.15, -0.1) is 0 Å². The number of halogens is 1. The topological polar surface area (TPSA) is 20.2 Å². The van der Waals surface area contributed by atoms with Crippen molar-refractivity contribution < 1.29 is 5.11 Å². The number of fused-ring (bicyclic) bond motifs is 5. The third-order valence-electron chi connectivity index (χ3n) is 11.6. The van der Waals surface area contributed by atoms with Gasteiger partial charge in [0.15, 0.2) is 0 Å². The maximum atomic E-state index is 10.9. The molecule has 2 heteroatoms. The van der Waals surface area contributed by atoms with Gasteiger partial charge in [0, 0.05) is 5.03 Å². The molecule has 1 nitrogen and oxygen atoms in total. The number of hydrogen-bond donors (Lipinski definition) is 1. The van der Waals surface area contributed by atoms with E-state index in [0.29, 0.717) is 22.7 Å². The van der Waals surface area contributed by atoms with Gasteiger partial charge in [0.1, 0.15) is 0 Å². The Hall–Kier alpha value is -0.0100. The van der Waals surface area contributed by atoms with E-state index in [1.807, 2.05) is 0 Å². The van der Waals surface area contributed by atoms with Crippen molar-refractivity contribution in [2.24, 2.45) is 58.2 Å². The minimum absolute atomic E-state index is 0.184. The Labute approximate surface area is 204 Å². The number of allylic oxidation sites excluding steroid dienone is 1. The zero-order chi connectivity index (χ0) is 23.3. The molecular weight excluding hydrogens is 412 g/mol. The Morgan fingerprint density at radius 2 is 1.56 bits per heavy atom. The van der Waals surface area contributed by atoms with Crippen LogP contribution in [0.3, 0.4) is 0 Å². The highest BCUT2D eigenvalue weighted by molar-refractivity contribution is 6.29. The molecule has 0 heterocycles. The van der Waals surface area contributed by atoms with Crippen LogP contribution in [0.15, 0.2) is 11.6 Å². The summed E-state index contributed by atoms with van der Waals surface area (Å²) in [4.78, 5) is 0. The van der Waals surface area contributed by atoms with Crippen molar-refractivity contribution in [2.45, 2.75) is 118 Å². The lowest BCUT2D eigenvalue weighted by atomic mass is 9.43. The highest BCUT2D eigenvalue weighted by Crippen LogP contribution is 2.69. The molecule has 184 valence electrons. The maximum absolute atomic E-state index is 10.9. The molecule has 4 aliphatic carbocycles. The van der Waals surface area contributed by atoms with Crippen molar-refractivity contribution in [3.63, 3.8) is 0 Å². The average molecular weight is 463 g/mol. The molecule has 1 N–H and O–H groups in total. The summed E-state index contributed by atoms with van der Waals surface area (Å²) in [6.07, 6.45) is 15.5. The van der Waals surface area contributed by atoms with Gasteiger partial charge >= 0.3 is 0 Å². The fourth-order valence-corrected chi connectivity index (χ4v) is 10.2. The largest absolute Gasteiger partial charge is 0.393 e. The van der Waals surface area contributed by atoms with E-state index in [9.17, 15) is 5.11 Å². The smallest absolute Gasteiger partial charge is 0.0575 e. The van der Waals surface area contributed by atoms with Crippen LogP contribution in [0.1, 0.15) is 112 Å². The van der Waals surface area contributed by atoms with Gasteiger partial charge in [-0.2, -0.15) is 0 Å². The lowest BCUT2D eigenvalue weighted by Gasteiger charge is -2.63. The summed E-state index contributed by atoms with van der Waals surface area (Å²) in [5.41, 5.74) is 0.959. The minimum atomic E-state index is -0.184. The van der Waals surface area contributed by atoms with Gasteiger partial charge in [-0.05, 0) is 116 Å². The second-order valence-corrected chi connectivity index (χ2v) is 14.1. The zero-order valence-corrected chi connectivity index (χ0v) is 22.5. The third kappa shape index (κ3) is 4.36. The Bertz CT molecular complexity index is 672. The van der Waals surface area contributed by atoms with Gasteiger partial charge in [0.05, 0.1) is 6.10 Å². The highest BCUT2D eigenvalue weighted by Gasteiger charge is 2.61. The molecule has 32 heavy (non-hydrogen) atoms. The molecule has 0 aliphatic heterocycles. The first-order valence-electron chi connectivity index (χ1n) is 14.1. The molecule has 0 amide bonds. The van der Waals surface area contributed by atoms with E-state index >= 15 is 0 Å². The predicted molar refractivity (Wildman–Crippen MR) is 138 cm³/mol. The lowest BCUT2D eigenvalue weighted by Crippen LogP contribution is -2.56. The standard InChI is InChI=1S/C30H51ClO/c1-19(2)8-7-9-20(3)24-12-13-25-22-10-11-26-23(18-21(4)31)28(32)15-17-30(26,6)27(22)14-16-29(24,25)5/h19-20,22-28,32H,4,7-18H2,1-3,5-6H3/t20-,22?,23+,24-,25?,26?,27?,28-,29-,30+/m1/s1. The van der Waals surface area contributed by atoms with Crippen molar-refractivity contribution in [2.75, 3.05) is 0 Å². The van der Waals surface area contributed by atoms with Crippen molar-refractivity contribution >= 4 is 11.6 Å². The second kappa shape index (κ2) is 9.56. The molecule has 0 spiro atoms. The first kappa shape index (κ1) is 25.1. The second-order valence-electron chi connectivity index (χ2n) is 13.6. The summed E-state index contributed by atoms with van der Waals surface area (Å²) >= 11 is 6.28. The normalized spacial score (nSPS) is 46.9. The fourth-order valence-electron chi connectivity index (χ4n) is 10.1.